The monoisotopic (exact) mass is 589 g/mol. The molecule has 0 radical (unpaired) electrons. The summed E-state index contributed by atoms with van der Waals surface area (Å²) in [7, 11) is 0. The average molecular weight is 590 g/mol. The van der Waals surface area contributed by atoms with Crippen LogP contribution in [-0.2, 0) is 0 Å². The van der Waals surface area contributed by atoms with Crippen molar-refractivity contribution in [1.82, 2.24) is 19.5 Å². The first-order valence-electron chi connectivity index (χ1n) is 15.0. The molecule has 0 bridgehead atoms. The van der Waals surface area contributed by atoms with Crippen LogP contribution in [0.3, 0.4) is 0 Å². The summed E-state index contributed by atoms with van der Waals surface area (Å²) in [4.78, 5) is 15.1. The smallest absolute Gasteiger partial charge is 0.238 e. The standard InChI is InChI=1S/C40H23N5O/c41-24-27-13-4-5-14-28(27)31-17-10-20-35-37(31)32-22-21-26(23-36(32)46-35)39-42-38(25-11-2-1-3-12-25)43-40(44-39)45-33-18-8-6-15-29(33)30-16-7-9-19-34(30)45/h1-23H. The van der Waals surface area contributed by atoms with Crippen molar-refractivity contribution in [3.63, 3.8) is 0 Å². The fraction of sp³-hybridized carbons (Fsp3) is 0. The van der Waals surface area contributed by atoms with Gasteiger partial charge in [0.15, 0.2) is 11.6 Å². The van der Waals surface area contributed by atoms with Gasteiger partial charge in [0.2, 0.25) is 5.95 Å². The molecule has 0 spiro atoms. The summed E-state index contributed by atoms with van der Waals surface area (Å²) in [5.41, 5.74) is 7.70. The lowest BCUT2D eigenvalue weighted by molar-refractivity contribution is 0.669. The van der Waals surface area contributed by atoms with E-state index in [0.717, 1.165) is 66.0 Å². The Bertz CT molecular complexity index is 2610. The van der Waals surface area contributed by atoms with Gasteiger partial charge in [0.05, 0.1) is 22.7 Å². The van der Waals surface area contributed by atoms with E-state index in [0.29, 0.717) is 23.2 Å². The van der Waals surface area contributed by atoms with Gasteiger partial charge in [-0.1, -0.05) is 103 Å². The van der Waals surface area contributed by atoms with Crippen molar-refractivity contribution in [1.29, 1.82) is 5.26 Å². The number of benzene rings is 6. The minimum Gasteiger partial charge on any atom is -0.456 e. The third kappa shape index (κ3) is 4.00. The van der Waals surface area contributed by atoms with E-state index in [1.54, 1.807) is 0 Å². The van der Waals surface area contributed by atoms with Crippen molar-refractivity contribution >= 4 is 43.7 Å². The summed E-state index contributed by atoms with van der Waals surface area (Å²) in [5, 5.41) is 14.0. The summed E-state index contributed by atoms with van der Waals surface area (Å²) in [5.74, 6) is 1.67. The molecule has 0 amide bonds. The molecule has 6 aromatic carbocycles. The van der Waals surface area contributed by atoms with Crippen molar-refractivity contribution < 1.29 is 4.42 Å². The highest BCUT2D eigenvalue weighted by molar-refractivity contribution is 6.13. The van der Waals surface area contributed by atoms with Crippen LogP contribution in [0.15, 0.2) is 144 Å². The molecule has 6 nitrogen and oxygen atoms in total. The van der Waals surface area contributed by atoms with Gasteiger partial charge >= 0.3 is 0 Å². The number of aromatic nitrogens is 4. The SMILES string of the molecule is N#Cc1ccccc1-c1cccc2oc3cc(-c4nc(-c5ccccc5)nc(-n5c6ccccc6c6ccccc65)n4)ccc3c12. The lowest BCUT2D eigenvalue weighted by Crippen LogP contribution is -2.06. The van der Waals surface area contributed by atoms with E-state index in [2.05, 4.69) is 53.1 Å². The molecular formula is C40H23N5O. The number of nitrogens with zero attached hydrogens (tertiary/aromatic N) is 5. The van der Waals surface area contributed by atoms with Gasteiger partial charge < -0.3 is 4.42 Å². The highest BCUT2D eigenvalue weighted by atomic mass is 16.3. The fourth-order valence-corrected chi connectivity index (χ4v) is 6.45. The number of furan rings is 1. The minimum absolute atomic E-state index is 0.543. The van der Waals surface area contributed by atoms with Crippen LogP contribution in [0, 0.1) is 11.3 Å². The van der Waals surface area contributed by atoms with Crippen LogP contribution in [0.2, 0.25) is 0 Å². The zero-order chi connectivity index (χ0) is 30.6. The van der Waals surface area contributed by atoms with Crippen molar-refractivity contribution in [3.05, 3.63) is 145 Å². The summed E-state index contributed by atoms with van der Waals surface area (Å²) >= 11 is 0. The van der Waals surface area contributed by atoms with Crippen LogP contribution in [0.25, 0.3) is 83.6 Å². The topological polar surface area (TPSA) is 80.5 Å². The van der Waals surface area contributed by atoms with E-state index < -0.39 is 0 Å². The maximum atomic E-state index is 9.80. The number of fused-ring (bicyclic) bond motifs is 6. The van der Waals surface area contributed by atoms with Crippen LogP contribution in [0.5, 0.6) is 0 Å². The largest absolute Gasteiger partial charge is 0.456 e. The first-order valence-corrected chi connectivity index (χ1v) is 15.0. The van der Waals surface area contributed by atoms with Gasteiger partial charge in [-0.2, -0.15) is 15.2 Å². The van der Waals surface area contributed by atoms with E-state index in [-0.39, 0.29) is 0 Å². The Labute approximate surface area is 263 Å². The first-order chi connectivity index (χ1) is 22.8. The highest BCUT2D eigenvalue weighted by Crippen LogP contribution is 2.39. The van der Waals surface area contributed by atoms with Crippen LogP contribution in [-0.4, -0.2) is 19.5 Å². The Kier molecular flexibility index (Phi) is 5.77. The molecule has 0 fully saturated rings. The number of rotatable bonds is 4. The molecule has 0 saturated carbocycles. The maximum absolute atomic E-state index is 9.80. The van der Waals surface area contributed by atoms with Crippen molar-refractivity contribution in [2.45, 2.75) is 0 Å². The second kappa shape index (κ2) is 10.3. The Morgan fingerprint density at radius 1 is 0.522 bits per heavy atom. The zero-order valence-corrected chi connectivity index (χ0v) is 24.4. The van der Waals surface area contributed by atoms with E-state index in [1.165, 1.54) is 0 Å². The minimum atomic E-state index is 0.543. The molecule has 3 aromatic heterocycles. The summed E-state index contributed by atoms with van der Waals surface area (Å²) in [6.07, 6.45) is 0. The third-order valence-electron chi connectivity index (χ3n) is 8.53. The number of para-hydroxylation sites is 2. The maximum Gasteiger partial charge on any atom is 0.238 e. The van der Waals surface area contributed by atoms with Crippen molar-refractivity contribution in [3.8, 4) is 45.9 Å². The van der Waals surface area contributed by atoms with Crippen LogP contribution in [0.4, 0.5) is 0 Å². The summed E-state index contributed by atoms with van der Waals surface area (Å²) in [6.45, 7) is 0. The van der Waals surface area contributed by atoms with Gasteiger partial charge in [0.1, 0.15) is 11.2 Å². The predicted molar refractivity (Wildman–Crippen MR) is 182 cm³/mol. The molecule has 0 N–H and O–H groups in total. The van der Waals surface area contributed by atoms with Crippen molar-refractivity contribution in [2.75, 3.05) is 0 Å². The molecule has 0 aliphatic rings. The van der Waals surface area contributed by atoms with Crippen LogP contribution in [0.1, 0.15) is 5.56 Å². The molecule has 0 atom stereocenters. The van der Waals surface area contributed by atoms with Gasteiger partial charge in [0, 0.05) is 38.2 Å². The molecule has 214 valence electrons. The van der Waals surface area contributed by atoms with Crippen molar-refractivity contribution in [2.24, 2.45) is 0 Å². The lowest BCUT2D eigenvalue weighted by Gasteiger charge is -2.11. The third-order valence-corrected chi connectivity index (χ3v) is 8.53. The summed E-state index contributed by atoms with van der Waals surface area (Å²) in [6, 6.07) is 48.7. The van der Waals surface area contributed by atoms with E-state index in [9.17, 15) is 5.26 Å². The molecule has 3 heterocycles. The van der Waals surface area contributed by atoms with Gasteiger partial charge in [-0.05, 0) is 42.0 Å². The highest BCUT2D eigenvalue weighted by Gasteiger charge is 2.19. The van der Waals surface area contributed by atoms with Gasteiger partial charge in [0.25, 0.3) is 0 Å². The Balaban J connectivity index is 1.28. The number of hydrogen-bond acceptors (Lipinski definition) is 5. The number of hydrogen-bond donors (Lipinski definition) is 0. The first kappa shape index (κ1) is 25.9. The predicted octanol–water partition coefficient (Wildman–Crippen LogP) is 9.74. The number of nitriles is 1. The zero-order valence-electron chi connectivity index (χ0n) is 24.4. The van der Waals surface area contributed by atoms with Crippen LogP contribution < -0.4 is 0 Å². The second-order valence-electron chi connectivity index (χ2n) is 11.2. The molecule has 0 aliphatic heterocycles. The molecule has 0 saturated heterocycles. The molecule has 0 aliphatic carbocycles. The average Bonchev–Trinajstić information content (AvgIpc) is 3.67. The Morgan fingerprint density at radius 3 is 1.93 bits per heavy atom. The summed E-state index contributed by atoms with van der Waals surface area (Å²) < 4.78 is 8.54. The second-order valence-corrected chi connectivity index (χ2v) is 11.2. The molecule has 6 heteroatoms. The lowest BCUT2D eigenvalue weighted by atomic mass is 9.95. The van der Waals surface area contributed by atoms with E-state index >= 15 is 0 Å². The van der Waals surface area contributed by atoms with Crippen LogP contribution >= 0.6 is 0 Å². The molecule has 46 heavy (non-hydrogen) atoms. The van der Waals surface area contributed by atoms with E-state index in [1.807, 2.05) is 97.1 Å². The normalized spacial score (nSPS) is 11.5. The van der Waals surface area contributed by atoms with Gasteiger partial charge in [-0.3, -0.25) is 4.57 Å². The molecule has 9 rings (SSSR count). The van der Waals surface area contributed by atoms with Gasteiger partial charge in [-0.15, -0.1) is 0 Å². The molecular weight excluding hydrogens is 566 g/mol. The Morgan fingerprint density at radius 2 is 1.17 bits per heavy atom. The van der Waals surface area contributed by atoms with Gasteiger partial charge in [-0.25, -0.2) is 4.98 Å². The fourth-order valence-electron chi connectivity index (χ4n) is 6.45. The molecule has 9 aromatic rings. The Hall–Kier alpha value is -6.58. The van der Waals surface area contributed by atoms with E-state index in [4.69, 9.17) is 19.4 Å². The quantitative estimate of drug-likeness (QED) is 0.204. The molecule has 0 unspecified atom stereocenters.